The molecule has 2 aromatic heterocycles. The Labute approximate surface area is 144 Å². The number of rotatable bonds is 5. The summed E-state index contributed by atoms with van der Waals surface area (Å²) in [4.78, 5) is 27.5. The Hall–Kier alpha value is -2.60. The van der Waals surface area contributed by atoms with Crippen molar-refractivity contribution in [3.05, 3.63) is 53.5 Å². The fourth-order valence-corrected chi connectivity index (χ4v) is 3.63. The third-order valence-electron chi connectivity index (χ3n) is 3.88. The smallest absolute Gasteiger partial charge is 0.354 e. The van der Waals surface area contributed by atoms with Crippen molar-refractivity contribution in [2.24, 2.45) is 0 Å². The molecule has 3 rings (SSSR count). The topological polar surface area (TPSA) is 51.5 Å². The van der Waals surface area contributed by atoms with Gasteiger partial charge in [0.2, 0.25) is 5.91 Å². The molecule has 3 aromatic rings. The second-order valence-electron chi connectivity index (χ2n) is 5.26. The van der Waals surface area contributed by atoms with E-state index in [4.69, 9.17) is 4.74 Å². The molecule has 5 nitrogen and oxygen atoms in total. The second kappa shape index (κ2) is 6.88. The van der Waals surface area contributed by atoms with Crippen LogP contribution in [0.25, 0.3) is 10.2 Å². The number of benzene rings is 1. The average Bonchev–Trinajstić information content (AvgIpc) is 3.18. The molecule has 124 valence electrons. The second-order valence-corrected chi connectivity index (χ2v) is 6.16. The summed E-state index contributed by atoms with van der Waals surface area (Å²) >= 11 is 1.50. The number of thiophene rings is 1. The van der Waals surface area contributed by atoms with Gasteiger partial charge >= 0.3 is 5.97 Å². The number of amides is 1. The van der Waals surface area contributed by atoms with Gasteiger partial charge < -0.3 is 14.2 Å². The summed E-state index contributed by atoms with van der Waals surface area (Å²) in [5.74, 6) is -0.506. The number of fused-ring (bicyclic) bond motifs is 1. The van der Waals surface area contributed by atoms with Gasteiger partial charge in [-0.05, 0) is 36.6 Å². The summed E-state index contributed by atoms with van der Waals surface area (Å²) in [5, 5.41) is 2.89. The summed E-state index contributed by atoms with van der Waals surface area (Å²) in [5.41, 5.74) is 1.25. The molecule has 0 saturated carbocycles. The zero-order valence-corrected chi connectivity index (χ0v) is 14.4. The van der Waals surface area contributed by atoms with Crippen molar-refractivity contribution in [1.29, 1.82) is 0 Å². The van der Waals surface area contributed by atoms with E-state index in [1.807, 2.05) is 48.7 Å². The molecule has 0 N–H and O–H groups in total. The predicted molar refractivity (Wildman–Crippen MR) is 95.6 cm³/mol. The van der Waals surface area contributed by atoms with Gasteiger partial charge in [0.15, 0.2) is 0 Å². The van der Waals surface area contributed by atoms with Gasteiger partial charge in [0.1, 0.15) is 17.1 Å². The Morgan fingerprint density at radius 2 is 1.96 bits per heavy atom. The van der Waals surface area contributed by atoms with Crippen molar-refractivity contribution in [2.75, 3.05) is 18.6 Å². The number of para-hydroxylation sites is 1. The number of hydrogen-bond acceptors (Lipinski definition) is 4. The van der Waals surface area contributed by atoms with Crippen LogP contribution in [-0.4, -0.2) is 30.1 Å². The molecule has 0 aliphatic rings. The van der Waals surface area contributed by atoms with Crippen LogP contribution in [0, 0.1) is 0 Å². The van der Waals surface area contributed by atoms with Crippen LogP contribution in [0.15, 0.2) is 47.8 Å². The first-order valence-corrected chi connectivity index (χ1v) is 8.54. The van der Waals surface area contributed by atoms with Gasteiger partial charge in [-0.25, -0.2) is 4.79 Å². The van der Waals surface area contributed by atoms with Crippen LogP contribution in [0.2, 0.25) is 0 Å². The van der Waals surface area contributed by atoms with Gasteiger partial charge in [-0.1, -0.05) is 18.2 Å². The summed E-state index contributed by atoms with van der Waals surface area (Å²) in [6.07, 6.45) is 0. The summed E-state index contributed by atoms with van der Waals surface area (Å²) in [6, 6.07) is 13.2. The Morgan fingerprint density at radius 1 is 1.21 bits per heavy atom. The Balaban J connectivity index is 1.95. The lowest BCUT2D eigenvalue weighted by molar-refractivity contribution is -0.119. The molecule has 0 spiro atoms. The van der Waals surface area contributed by atoms with E-state index < -0.39 is 5.97 Å². The van der Waals surface area contributed by atoms with E-state index in [1.54, 1.807) is 15.5 Å². The lowest BCUT2D eigenvalue weighted by Gasteiger charge is -2.22. The number of ether oxygens (including phenoxy) is 1. The number of carbonyl (C=O) groups is 2. The van der Waals surface area contributed by atoms with E-state index in [2.05, 4.69) is 0 Å². The quantitative estimate of drug-likeness (QED) is 0.666. The number of carbonyl (C=O) groups excluding carboxylic acids is 2. The Morgan fingerprint density at radius 3 is 2.62 bits per heavy atom. The van der Waals surface area contributed by atoms with Gasteiger partial charge in [0.05, 0.1) is 7.11 Å². The van der Waals surface area contributed by atoms with Crippen LogP contribution in [0.3, 0.4) is 0 Å². The number of aromatic nitrogens is 1. The molecular formula is C18H18N2O3S. The number of nitrogens with zero attached hydrogens (tertiary/aromatic N) is 2. The van der Waals surface area contributed by atoms with Crippen molar-refractivity contribution in [3.8, 4) is 0 Å². The minimum absolute atomic E-state index is 0.0697. The fourth-order valence-electron chi connectivity index (χ4n) is 2.74. The molecule has 0 aliphatic carbocycles. The first kappa shape index (κ1) is 16.3. The van der Waals surface area contributed by atoms with Gasteiger partial charge in [-0.3, -0.25) is 4.79 Å². The molecule has 0 radical (unpaired) electrons. The first-order valence-electron chi connectivity index (χ1n) is 7.66. The summed E-state index contributed by atoms with van der Waals surface area (Å²) < 4.78 is 6.58. The highest BCUT2D eigenvalue weighted by atomic mass is 32.1. The third-order valence-corrected chi connectivity index (χ3v) is 4.83. The lowest BCUT2D eigenvalue weighted by Crippen LogP contribution is -2.34. The van der Waals surface area contributed by atoms with Crippen LogP contribution < -0.4 is 4.90 Å². The third kappa shape index (κ3) is 2.92. The molecule has 24 heavy (non-hydrogen) atoms. The van der Waals surface area contributed by atoms with Gasteiger partial charge in [0.25, 0.3) is 0 Å². The van der Waals surface area contributed by atoms with E-state index >= 15 is 0 Å². The van der Waals surface area contributed by atoms with Gasteiger partial charge in [0, 0.05) is 17.6 Å². The SMILES string of the molecule is CCN(C(=O)Cn1c(C(=O)OC)cc2ccsc21)c1ccccc1. The molecule has 6 heteroatoms. The monoisotopic (exact) mass is 342 g/mol. The minimum atomic E-state index is -0.436. The Bertz CT molecular complexity index is 867. The highest BCUT2D eigenvalue weighted by Gasteiger charge is 2.21. The molecule has 1 aromatic carbocycles. The summed E-state index contributed by atoms with van der Waals surface area (Å²) in [6.45, 7) is 2.59. The predicted octanol–water partition coefficient (Wildman–Crippen LogP) is 3.54. The van der Waals surface area contributed by atoms with Crippen LogP contribution in [0.4, 0.5) is 5.69 Å². The number of methoxy groups -OCH3 is 1. The standard InChI is InChI=1S/C18H18N2O3S/c1-3-19(14-7-5-4-6-8-14)16(21)12-20-15(18(22)23-2)11-13-9-10-24-17(13)20/h4-11H,3,12H2,1-2H3. The maximum atomic E-state index is 12.8. The van der Waals surface area contributed by atoms with E-state index in [0.717, 1.165) is 15.9 Å². The number of likely N-dealkylation sites (N-methyl/N-ethyl adjacent to an activating group) is 1. The molecule has 0 unspecified atom stereocenters. The van der Waals surface area contributed by atoms with Crippen LogP contribution in [0.5, 0.6) is 0 Å². The highest BCUT2D eigenvalue weighted by molar-refractivity contribution is 7.16. The van der Waals surface area contributed by atoms with E-state index in [0.29, 0.717) is 12.2 Å². The van der Waals surface area contributed by atoms with Crippen molar-refractivity contribution >= 4 is 39.1 Å². The van der Waals surface area contributed by atoms with Crippen LogP contribution in [0.1, 0.15) is 17.4 Å². The fraction of sp³-hybridized carbons (Fsp3) is 0.222. The maximum Gasteiger partial charge on any atom is 0.354 e. The van der Waals surface area contributed by atoms with E-state index in [1.165, 1.54) is 18.4 Å². The van der Waals surface area contributed by atoms with E-state index in [9.17, 15) is 9.59 Å². The molecule has 2 heterocycles. The minimum Gasteiger partial charge on any atom is -0.464 e. The van der Waals surface area contributed by atoms with Crippen molar-refractivity contribution in [1.82, 2.24) is 4.57 Å². The molecule has 0 atom stereocenters. The van der Waals surface area contributed by atoms with Crippen molar-refractivity contribution in [2.45, 2.75) is 13.5 Å². The van der Waals surface area contributed by atoms with Crippen LogP contribution >= 0.6 is 11.3 Å². The summed E-state index contributed by atoms with van der Waals surface area (Å²) in [7, 11) is 1.35. The average molecular weight is 342 g/mol. The van der Waals surface area contributed by atoms with E-state index in [-0.39, 0.29) is 12.5 Å². The van der Waals surface area contributed by atoms with Crippen molar-refractivity contribution < 1.29 is 14.3 Å². The first-order chi connectivity index (χ1) is 11.7. The molecule has 1 amide bonds. The lowest BCUT2D eigenvalue weighted by atomic mass is 10.3. The van der Waals surface area contributed by atoms with Crippen LogP contribution in [-0.2, 0) is 16.1 Å². The van der Waals surface area contributed by atoms with Crippen molar-refractivity contribution in [3.63, 3.8) is 0 Å². The number of esters is 1. The molecule has 0 fully saturated rings. The number of anilines is 1. The largest absolute Gasteiger partial charge is 0.464 e. The Kier molecular flexibility index (Phi) is 4.66. The zero-order chi connectivity index (χ0) is 17.1. The number of hydrogen-bond donors (Lipinski definition) is 0. The van der Waals surface area contributed by atoms with Gasteiger partial charge in [-0.2, -0.15) is 0 Å². The molecule has 0 saturated heterocycles. The highest BCUT2D eigenvalue weighted by Crippen LogP contribution is 2.26. The molecular weight excluding hydrogens is 324 g/mol. The normalized spacial score (nSPS) is 10.8. The zero-order valence-electron chi connectivity index (χ0n) is 13.6. The van der Waals surface area contributed by atoms with Gasteiger partial charge in [-0.15, -0.1) is 11.3 Å². The molecule has 0 aliphatic heterocycles. The maximum absolute atomic E-state index is 12.8. The molecule has 0 bridgehead atoms.